The van der Waals surface area contributed by atoms with Crippen molar-refractivity contribution in [2.24, 2.45) is 0 Å². The SMILES string of the molecule is CCOC(=O)c1ccc(CCNS(=O)(=O)CCc2ccccc2)cc1. The fourth-order valence-electron chi connectivity index (χ4n) is 2.34. The lowest BCUT2D eigenvalue weighted by molar-refractivity contribution is 0.0526. The van der Waals surface area contributed by atoms with E-state index in [0.717, 1.165) is 11.1 Å². The monoisotopic (exact) mass is 361 g/mol. The Hall–Kier alpha value is -2.18. The molecule has 0 amide bonds. The smallest absolute Gasteiger partial charge is 0.338 e. The molecule has 0 aliphatic carbocycles. The van der Waals surface area contributed by atoms with Crippen LogP contribution in [0.1, 0.15) is 28.4 Å². The van der Waals surface area contributed by atoms with E-state index in [-0.39, 0.29) is 11.7 Å². The zero-order chi connectivity index (χ0) is 18.1. The number of benzene rings is 2. The first kappa shape index (κ1) is 19.1. The maximum atomic E-state index is 12.0. The minimum absolute atomic E-state index is 0.0683. The van der Waals surface area contributed by atoms with Crippen molar-refractivity contribution < 1.29 is 17.9 Å². The van der Waals surface area contributed by atoms with Crippen LogP contribution >= 0.6 is 0 Å². The summed E-state index contributed by atoms with van der Waals surface area (Å²) >= 11 is 0. The van der Waals surface area contributed by atoms with E-state index in [1.165, 1.54) is 0 Å². The average molecular weight is 361 g/mol. The van der Waals surface area contributed by atoms with Crippen LogP contribution in [0, 0.1) is 0 Å². The molecule has 5 nitrogen and oxygen atoms in total. The Morgan fingerprint density at radius 1 is 0.960 bits per heavy atom. The Morgan fingerprint density at radius 2 is 1.60 bits per heavy atom. The van der Waals surface area contributed by atoms with Gasteiger partial charge in [-0.3, -0.25) is 0 Å². The van der Waals surface area contributed by atoms with E-state index in [9.17, 15) is 13.2 Å². The lowest BCUT2D eigenvalue weighted by atomic mass is 10.1. The minimum atomic E-state index is -3.30. The number of aryl methyl sites for hydroxylation is 1. The third kappa shape index (κ3) is 6.68. The standard InChI is InChI=1S/C19H23NO4S/c1-2-24-19(21)18-10-8-17(9-11-18)12-14-20-25(22,23)15-13-16-6-4-3-5-7-16/h3-11,20H,2,12-15H2,1H3. The van der Waals surface area contributed by atoms with Crippen LogP contribution in [0.15, 0.2) is 54.6 Å². The van der Waals surface area contributed by atoms with Gasteiger partial charge in [-0.15, -0.1) is 0 Å². The van der Waals surface area contributed by atoms with E-state index >= 15 is 0 Å². The molecule has 0 aromatic heterocycles. The van der Waals surface area contributed by atoms with E-state index in [1.54, 1.807) is 19.1 Å². The van der Waals surface area contributed by atoms with Gasteiger partial charge < -0.3 is 4.74 Å². The molecular weight excluding hydrogens is 338 g/mol. The predicted molar refractivity (Wildman–Crippen MR) is 98.0 cm³/mol. The normalized spacial score (nSPS) is 11.2. The molecule has 25 heavy (non-hydrogen) atoms. The van der Waals surface area contributed by atoms with E-state index in [0.29, 0.717) is 31.6 Å². The number of hydrogen-bond acceptors (Lipinski definition) is 4. The molecule has 0 saturated carbocycles. The first-order chi connectivity index (χ1) is 12.0. The van der Waals surface area contributed by atoms with E-state index < -0.39 is 10.0 Å². The molecule has 0 heterocycles. The molecule has 0 radical (unpaired) electrons. The Balaban J connectivity index is 1.78. The molecule has 6 heteroatoms. The Morgan fingerprint density at radius 3 is 2.24 bits per heavy atom. The zero-order valence-electron chi connectivity index (χ0n) is 14.3. The molecule has 0 aliphatic rings. The molecule has 0 atom stereocenters. The Labute approximate surface area is 149 Å². The molecule has 2 aromatic carbocycles. The summed E-state index contributed by atoms with van der Waals surface area (Å²) in [5.41, 5.74) is 2.45. The van der Waals surface area contributed by atoms with Crippen LogP contribution in [0.3, 0.4) is 0 Å². The van der Waals surface area contributed by atoms with Crippen molar-refractivity contribution in [1.29, 1.82) is 0 Å². The molecule has 0 spiro atoms. The van der Waals surface area contributed by atoms with E-state index in [1.807, 2.05) is 42.5 Å². The van der Waals surface area contributed by atoms with E-state index in [4.69, 9.17) is 4.74 Å². The number of nitrogens with one attached hydrogen (secondary N) is 1. The Bertz CT molecular complexity index is 771. The van der Waals surface area contributed by atoms with Crippen molar-refractivity contribution in [3.05, 3.63) is 71.3 Å². The van der Waals surface area contributed by atoms with Gasteiger partial charge in [0.2, 0.25) is 10.0 Å². The highest BCUT2D eigenvalue weighted by molar-refractivity contribution is 7.89. The van der Waals surface area contributed by atoms with Crippen LogP contribution in [0.2, 0.25) is 0 Å². The number of esters is 1. The van der Waals surface area contributed by atoms with Gasteiger partial charge in [0.1, 0.15) is 0 Å². The predicted octanol–water partition coefficient (Wildman–Crippen LogP) is 2.57. The highest BCUT2D eigenvalue weighted by Gasteiger charge is 2.10. The van der Waals surface area contributed by atoms with Crippen LogP contribution in [-0.2, 0) is 27.6 Å². The number of sulfonamides is 1. The summed E-state index contributed by atoms with van der Waals surface area (Å²) in [5, 5.41) is 0. The van der Waals surface area contributed by atoms with Crippen LogP contribution in [0.5, 0.6) is 0 Å². The second-order valence-electron chi connectivity index (χ2n) is 5.62. The second-order valence-corrected chi connectivity index (χ2v) is 7.54. The van der Waals surface area contributed by atoms with Crippen LogP contribution in [0.25, 0.3) is 0 Å². The second kappa shape index (κ2) is 9.34. The van der Waals surface area contributed by atoms with Crippen molar-refractivity contribution in [1.82, 2.24) is 4.72 Å². The quantitative estimate of drug-likeness (QED) is 0.697. The summed E-state index contributed by atoms with van der Waals surface area (Å²) in [7, 11) is -3.30. The minimum Gasteiger partial charge on any atom is -0.462 e. The molecule has 0 saturated heterocycles. The van der Waals surface area contributed by atoms with Gasteiger partial charge in [0.15, 0.2) is 0 Å². The van der Waals surface area contributed by atoms with Gasteiger partial charge in [0.05, 0.1) is 17.9 Å². The molecule has 0 unspecified atom stereocenters. The zero-order valence-corrected chi connectivity index (χ0v) is 15.1. The summed E-state index contributed by atoms with van der Waals surface area (Å²) in [6.07, 6.45) is 1.05. The number of carbonyl (C=O) groups excluding carboxylic acids is 1. The van der Waals surface area contributed by atoms with Gasteiger partial charge in [-0.25, -0.2) is 17.9 Å². The van der Waals surface area contributed by atoms with Crippen LogP contribution in [-0.4, -0.2) is 33.3 Å². The molecule has 0 aliphatic heterocycles. The number of ether oxygens (including phenoxy) is 1. The van der Waals surface area contributed by atoms with Crippen LogP contribution in [0.4, 0.5) is 0 Å². The van der Waals surface area contributed by atoms with Crippen molar-refractivity contribution in [2.75, 3.05) is 18.9 Å². The largest absolute Gasteiger partial charge is 0.462 e. The molecule has 1 N–H and O–H groups in total. The number of carbonyl (C=O) groups is 1. The van der Waals surface area contributed by atoms with Gasteiger partial charge >= 0.3 is 5.97 Å². The Kier molecular flexibility index (Phi) is 7.16. The summed E-state index contributed by atoms with van der Waals surface area (Å²) in [5.74, 6) is -0.283. The third-order valence-corrected chi connectivity index (χ3v) is 5.09. The molecule has 2 aromatic rings. The molecule has 2 rings (SSSR count). The van der Waals surface area contributed by atoms with Crippen LogP contribution < -0.4 is 4.72 Å². The summed E-state index contributed by atoms with van der Waals surface area (Å²) in [4.78, 5) is 11.6. The van der Waals surface area contributed by atoms with Gasteiger partial charge in [-0.1, -0.05) is 42.5 Å². The number of rotatable bonds is 9. The maximum Gasteiger partial charge on any atom is 0.338 e. The topological polar surface area (TPSA) is 72.5 Å². The lowest BCUT2D eigenvalue weighted by Crippen LogP contribution is -2.29. The summed E-state index contributed by atoms with van der Waals surface area (Å²) < 4.78 is 31.6. The van der Waals surface area contributed by atoms with Crippen molar-refractivity contribution in [2.45, 2.75) is 19.8 Å². The maximum absolute atomic E-state index is 12.0. The molecule has 0 fully saturated rings. The first-order valence-corrected chi connectivity index (χ1v) is 9.93. The average Bonchev–Trinajstić information content (AvgIpc) is 2.62. The van der Waals surface area contributed by atoms with Gasteiger partial charge in [0, 0.05) is 6.54 Å². The van der Waals surface area contributed by atoms with Gasteiger partial charge in [-0.05, 0) is 43.0 Å². The van der Waals surface area contributed by atoms with Crippen molar-refractivity contribution in [3.8, 4) is 0 Å². The highest BCUT2D eigenvalue weighted by atomic mass is 32.2. The lowest BCUT2D eigenvalue weighted by Gasteiger charge is -2.08. The van der Waals surface area contributed by atoms with Gasteiger partial charge in [-0.2, -0.15) is 0 Å². The third-order valence-electron chi connectivity index (χ3n) is 3.70. The fourth-order valence-corrected chi connectivity index (χ4v) is 3.40. The molecule has 0 bridgehead atoms. The van der Waals surface area contributed by atoms with Gasteiger partial charge in [0.25, 0.3) is 0 Å². The van der Waals surface area contributed by atoms with Crippen molar-refractivity contribution >= 4 is 16.0 Å². The molecular formula is C19H23NO4S. The van der Waals surface area contributed by atoms with E-state index in [2.05, 4.69) is 4.72 Å². The summed E-state index contributed by atoms with van der Waals surface area (Å²) in [6.45, 7) is 2.43. The van der Waals surface area contributed by atoms with Crippen molar-refractivity contribution in [3.63, 3.8) is 0 Å². The fraction of sp³-hybridized carbons (Fsp3) is 0.316. The highest BCUT2D eigenvalue weighted by Crippen LogP contribution is 2.07. The number of hydrogen-bond donors (Lipinski definition) is 1. The molecule has 134 valence electrons. The first-order valence-electron chi connectivity index (χ1n) is 8.27. The summed E-state index contributed by atoms with van der Waals surface area (Å²) in [6, 6.07) is 16.5.